The number of nitrogens with one attached hydrogen (secondary N) is 1. The molecule has 28 heavy (non-hydrogen) atoms. The maximum absolute atomic E-state index is 12.6. The van der Waals surface area contributed by atoms with Crippen LogP contribution in [0.15, 0.2) is 36.4 Å². The summed E-state index contributed by atoms with van der Waals surface area (Å²) in [5, 5.41) is 3.63. The number of hydrogen-bond donors (Lipinski definition) is 1. The lowest BCUT2D eigenvalue weighted by Gasteiger charge is -2.27. The molecule has 1 N–H and O–H groups in total. The van der Waals surface area contributed by atoms with E-state index in [1.165, 1.54) is 0 Å². The molecule has 1 heterocycles. The molecule has 0 unspecified atom stereocenters. The highest BCUT2D eigenvalue weighted by molar-refractivity contribution is 6.34. The van der Waals surface area contributed by atoms with Crippen molar-refractivity contribution >= 4 is 40.7 Å². The molecule has 148 valence electrons. The molecule has 3 rings (SSSR count). The predicted octanol–water partition coefficient (Wildman–Crippen LogP) is 3.79. The van der Waals surface area contributed by atoms with E-state index < -0.39 is 0 Å². The molecule has 0 aliphatic carbocycles. The number of halogens is 2. The number of anilines is 1. The summed E-state index contributed by atoms with van der Waals surface area (Å²) in [6.07, 6.45) is 0. The van der Waals surface area contributed by atoms with Crippen molar-refractivity contribution in [2.45, 2.75) is 6.92 Å². The Hall–Kier alpha value is -2.28. The molecule has 0 spiro atoms. The first kappa shape index (κ1) is 20.5. The Morgan fingerprint density at radius 2 is 1.89 bits per heavy atom. The van der Waals surface area contributed by atoms with Gasteiger partial charge in [-0.05, 0) is 48.9 Å². The molecule has 0 radical (unpaired) electrons. The van der Waals surface area contributed by atoms with Crippen molar-refractivity contribution in [3.05, 3.63) is 57.6 Å². The molecular formula is C20H20Cl2N2O4. The van der Waals surface area contributed by atoms with Gasteiger partial charge >= 0.3 is 0 Å². The smallest absolute Gasteiger partial charge is 0.262 e. The summed E-state index contributed by atoms with van der Waals surface area (Å²) >= 11 is 12.1. The van der Waals surface area contributed by atoms with E-state index in [9.17, 15) is 9.59 Å². The van der Waals surface area contributed by atoms with E-state index in [1.54, 1.807) is 41.3 Å². The number of aryl methyl sites for hydroxylation is 1. The van der Waals surface area contributed by atoms with Crippen molar-refractivity contribution in [2.24, 2.45) is 0 Å². The molecule has 2 aromatic rings. The van der Waals surface area contributed by atoms with Gasteiger partial charge in [0.05, 0.1) is 23.9 Å². The molecule has 6 nitrogen and oxygen atoms in total. The molecule has 0 saturated carbocycles. The van der Waals surface area contributed by atoms with Crippen molar-refractivity contribution in [3.63, 3.8) is 0 Å². The van der Waals surface area contributed by atoms with E-state index in [0.717, 1.165) is 5.56 Å². The van der Waals surface area contributed by atoms with E-state index >= 15 is 0 Å². The zero-order valence-electron chi connectivity index (χ0n) is 15.3. The van der Waals surface area contributed by atoms with Crippen LogP contribution in [-0.2, 0) is 9.53 Å². The van der Waals surface area contributed by atoms with Crippen LogP contribution in [0.4, 0.5) is 5.69 Å². The molecule has 2 amide bonds. The van der Waals surface area contributed by atoms with Crippen LogP contribution in [0.25, 0.3) is 0 Å². The van der Waals surface area contributed by atoms with Crippen LogP contribution in [-0.4, -0.2) is 49.6 Å². The van der Waals surface area contributed by atoms with E-state index in [1.807, 2.05) is 6.92 Å². The summed E-state index contributed by atoms with van der Waals surface area (Å²) in [5.74, 6) is 0.0672. The van der Waals surface area contributed by atoms with Crippen LogP contribution < -0.4 is 10.1 Å². The van der Waals surface area contributed by atoms with E-state index in [0.29, 0.717) is 53.3 Å². The normalized spacial score (nSPS) is 13.9. The first-order valence-corrected chi connectivity index (χ1v) is 9.55. The van der Waals surface area contributed by atoms with Crippen LogP contribution >= 0.6 is 23.2 Å². The Morgan fingerprint density at radius 3 is 2.61 bits per heavy atom. The number of rotatable bonds is 5. The average molecular weight is 423 g/mol. The minimum Gasteiger partial charge on any atom is -0.483 e. The number of ether oxygens (including phenoxy) is 2. The minimum atomic E-state index is -0.382. The lowest BCUT2D eigenvalue weighted by molar-refractivity contribution is -0.118. The first-order chi connectivity index (χ1) is 13.4. The van der Waals surface area contributed by atoms with Crippen molar-refractivity contribution in [1.29, 1.82) is 0 Å². The largest absolute Gasteiger partial charge is 0.483 e. The highest BCUT2D eigenvalue weighted by Crippen LogP contribution is 2.25. The topological polar surface area (TPSA) is 67.9 Å². The molecule has 1 aliphatic heterocycles. The van der Waals surface area contributed by atoms with Gasteiger partial charge in [0.1, 0.15) is 5.75 Å². The van der Waals surface area contributed by atoms with Crippen LogP contribution in [0.1, 0.15) is 15.9 Å². The van der Waals surface area contributed by atoms with Gasteiger partial charge in [-0.2, -0.15) is 0 Å². The fourth-order valence-corrected chi connectivity index (χ4v) is 3.20. The second-order valence-corrected chi connectivity index (χ2v) is 7.19. The van der Waals surface area contributed by atoms with E-state index in [2.05, 4.69) is 5.32 Å². The van der Waals surface area contributed by atoms with Gasteiger partial charge in [-0.15, -0.1) is 0 Å². The monoisotopic (exact) mass is 422 g/mol. The third-order valence-corrected chi connectivity index (χ3v) is 4.85. The van der Waals surface area contributed by atoms with Crippen molar-refractivity contribution < 1.29 is 19.1 Å². The van der Waals surface area contributed by atoms with Crippen LogP contribution in [0.3, 0.4) is 0 Å². The maximum atomic E-state index is 12.6. The first-order valence-electron chi connectivity index (χ1n) is 8.79. The van der Waals surface area contributed by atoms with Crippen molar-refractivity contribution in [3.8, 4) is 5.75 Å². The van der Waals surface area contributed by atoms with Gasteiger partial charge in [-0.3, -0.25) is 9.59 Å². The zero-order chi connectivity index (χ0) is 20.1. The van der Waals surface area contributed by atoms with E-state index in [-0.39, 0.29) is 18.4 Å². The number of amides is 2. The second kappa shape index (κ2) is 9.28. The summed E-state index contributed by atoms with van der Waals surface area (Å²) in [6, 6.07) is 9.97. The molecule has 1 fully saturated rings. The highest BCUT2D eigenvalue weighted by Gasteiger charge is 2.19. The molecule has 8 heteroatoms. The number of nitrogens with zero attached hydrogens (tertiary/aromatic N) is 1. The van der Waals surface area contributed by atoms with Crippen LogP contribution in [0, 0.1) is 6.92 Å². The van der Waals surface area contributed by atoms with Crippen molar-refractivity contribution in [2.75, 3.05) is 38.2 Å². The zero-order valence-corrected chi connectivity index (χ0v) is 16.8. The Labute approximate surface area is 173 Å². The molecule has 0 bridgehead atoms. The number of benzene rings is 2. The second-order valence-electron chi connectivity index (χ2n) is 6.35. The van der Waals surface area contributed by atoms with Gasteiger partial charge in [0, 0.05) is 23.7 Å². The van der Waals surface area contributed by atoms with Crippen LogP contribution in [0.5, 0.6) is 5.75 Å². The van der Waals surface area contributed by atoms with Gasteiger partial charge in [0.25, 0.3) is 11.8 Å². The molecule has 0 aromatic heterocycles. The van der Waals surface area contributed by atoms with Crippen LogP contribution in [0.2, 0.25) is 10.0 Å². The standard InChI is InChI=1S/C20H20Cl2N2O4/c1-13-10-15(21)3-5-18(13)28-12-19(25)23-17-11-14(2-4-16(17)22)20(26)24-6-8-27-9-7-24/h2-5,10-11H,6-9,12H2,1H3,(H,23,25). The molecule has 0 atom stereocenters. The predicted molar refractivity (Wildman–Crippen MR) is 108 cm³/mol. The SMILES string of the molecule is Cc1cc(Cl)ccc1OCC(=O)Nc1cc(C(=O)N2CCOCC2)ccc1Cl. The third kappa shape index (κ3) is 5.16. The average Bonchev–Trinajstić information content (AvgIpc) is 2.69. The summed E-state index contributed by atoms with van der Waals surface area (Å²) in [7, 11) is 0. The molecule has 2 aromatic carbocycles. The number of carbonyl (C=O) groups excluding carboxylic acids is 2. The fourth-order valence-electron chi connectivity index (χ4n) is 2.81. The Bertz CT molecular complexity index is 883. The van der Waals surface area contributed by atoms with Gasteiger partial charge in [-0.25, -0.2) is 0 Å². The molecular weight excluding hydrogens is 403 g/mol. The molecule has 1 saturated heterocycles. The number of morpholine rings is 1. The quantitative estimate of drug-likeness (QED) is 0.795. The van der Waals surface area contributed by atoms with Gasteiger partial charge in [0.15, 0.2) is 6.61 Å². The highest BCUT2D eigenvalue weighted by atomic mass is 35.5. The van der Waals surface area contributed by atoms with Gasteiger partial charge in [0.2, 0.25) is 0 Å². The lowest BCUT2D eigenvalue weighted by atomic mass is 10.1. The van der Waals surface area contributed by atoms with Gasteiger partial charge in [-0.1, -0.05) is 23.2 Å². The lowest BCUT2D eigenvalue weighted by Crippen LogP contribution is -2.40. The summed E-state index contributed by atoms with van der Waals surface area (Å²) in [4.78, 5) is 26.6. The summed E-state index contributed by atoms with van der Waals surface area (Å²) in [5.41, 5.74) is 1.65. The minimum absolute atomic E-state index is 0.122. The van der Waals surface area contributed by atoms with E-state index in [4.69, 9.17) is 32.7 Å². The number of carbonyl (C=O) groups is 2. The third-order valence-electron chi connectivity index (χ3n) is 4.28. The Balaban J connectivity index is 1.64. The van der Waals surface area contributed by atoms with Crippen molar-refractivity contribution in [1.82, 2.24) is 4.90 Å². The Kier molecular flexibility index (Phi) is 6.78. The summed E-state index contributed by atoms with van der Waals surface area (Å²) in [6.45, 7) is 3.76. The molecule has 1 aliphatic rings. The number of hydrogen-bond acceptors (Lipinski definition) is 4. The summed E-state index contributed by atoms with van der Waals surface area (Å²) < 4.78 is 10.8. The maximum Gasteiger partial charge on any atom is 0.262 e. The Morgan fingerprint density at radius 1 is 1.14 bits per heavy atom. The fraction of sp³-hybridized carbons (Fsp3) is 0.300. The van der Waals surface area contributed by atoms with Gasteiger partial charge < -0.3 is 19.7 Å².